The zero-order valence-corrected chi connectivity index (χ0v) is 12.5. The summed E-state index contributed by atoms with van der Waals surface area (Å²) < 4.78 is 0. The largest absolute Gasteiger partial charge is 0.306 e. The molecule has 18 heavy (non-hydrogen) atoms. The van der Waals surface area contributed by atoms with Gasteiger partial charge in [0.05, 0.1) is 6.07 Å². The summed E-state index contributed by atoms with van der Waals surface area (Å²) in [4.78, 5) is 2.45. The fraction of sp³-hybridized carbons (Fsp3) is 0.933. The molecule has 0 heterocycles. The highest BCUT2D eigenvalue weighted by Gasteiger charge is 2.32. The maximum absolute atomic E-state index is 9.16. The van der Waals surface area contributed by atoms with Crippen LogP contribution in [0.1, 0.15) is 46.5 Å². The Morgan fingerprint density at radius 3 is 2.61 bits per heavy atom. The van der Waals surface area contributed by atoms with Crippen LogP contribution in [-0.2, 0) is 0 Å². The number of unbranched alkanes of at least 4 members (excludes halogenated alkanes) is 1. The van der Waals surface area contributed by atoms with Crippen molar-refractivity contribution in [1.29, 1.82) is 5.26 Å². The lowest BCUT2D eigenvalue weighted by molar-refractivity contribution is 0.299. The van der Waals surface area contributed by atoms with E-state index in [9.17, 15) is 0 Å². The summed E-state index contributed by atoms with van der Waals surface area (Å²) in [6, 6.07) is 2.39. The van der Waals surface area contributed by atoms with Gasteiger partial charge in [0.1, 0.15) is 5.54 Å². The molecule has 0 spiro atoms. The Bertz CT molecular complexity index is 284. The molecule has 0 aromatic heterocycles. The maximum atomic E-state index is 9.16. The minimum Gasteiger partial charge on any atom is -0.306 e. The van der Waals surface area contributed by atoms with Crippen molar-refractivity contribution in [2.75, 3.05) is 26.7 Å². The molecule has 1 aliphatic rings. The number of rotatable bonds is 9. The normalized spacial score (nSPS) is 25.8. The van der Waals surface area contributed by atoms with Crippen molar-refractivity contribution >= 4 is 0 Å². The molecule has 3 heteroatoms. The van der Waals surface area contributed by atoms with Gasteiger partial charge in [-0.3, -0.25) is 5.32 Å². The minimum absolute atomic E-state index is 0.335. The fourth-order valence-electron chi connectivity index (χ4n) is 2.58. The van der Waals surface area contributed by atoms with Gasteiger partial charge in [0.25, 0.3) is 0 Å². The van der Waals surface area contributed by atoms with E-state index in [1.165, 1.54) is 19.4 Å². The first-order chi connectivity index (χ1) is 8.50. The molecule has 3 atom stereocenters. The van der Waals surface area contributed by atoms with Gasteiger partial charge in [-0.05, 0) is 64.6 Å². The molecule has 0 aromatic rings. The van der Waals surface area contributed by atoms with E-state index >= 15 is 0 Å². The molecule has 1 saturated carbocycles. The number of nitrogens with zero attached hydrogens (tertiary/aromatic N) is 2. The molecule has 3 unspecified atom stereocenters. The Labute approximate surface area is 113 Å². The van der Waals surface area contributed by atoms with E-state index in [4.69, 9.17) is 5.26 Å². The zero-order valence-electron chi connectivity index (χ0n) is 12.5. The molecule has 0 amide bonds. The molecular formula is C15H29N3. The second-order valence-corrected chi connectivity index (χ2v) is 6.17. The highest BCUT2D eigenvalue weighted by molar-refractivity contribution is 5.03. The van der Waals surface area contributed by atoms with Crippen molar-refractivity contribution in [1.82, 2.24) is 10.2 Å². The van der Waals surface area contributed by atoms with E-state index in [2.05, 4.69) is 37.2 Å². The van der Waals surface area contributed by atoms with Gasteiger partial charge >= 0.3 is 0 Å². The average Bonchev–Trinajstić information content (AvgIpc) is 3.01. The molecule has 104 valence electrons. The van der Waals surface area contributed by atoms with Gasteiger partial charge in [0.2, 0.25) is 0 Å². The Kier molecular flexibility index (Phi) is 6.11. The van der Waals surface area contributed by atoms with Gasteiger partial charge in [-0.1, -0.05) is 13.8 Å². The highest BCUT2D eigenvalue weighted by atomic mass is 15.1. The standard InChI is InChI=1S/C15H29N3/c1-5-17-15(3,12-16)8-6-7-9-18(4)11-14-10-13(14)2/h13-14,17H,5-11H2,1-4H3. The van der Waals surface area contributed by atoms with E-state index in [1.807, 2.05) is 6.92 Å². The van der Waals surface area contributed by atoms with Gasteiger partial charge in [-0.2, -0.15) is 5.26 Å². The van der Waals surface area contributed by atoms with Gasteiger partial charge in [-0.15, -0.1) is 0 Å². The predicted octanol–water partition coefficient (Wildman–Crippen LogP) is 2.64. The third-order valence-corrected chi connectivity index (χ3v) is 4.10. The summed E-state index contributed by atoms with van der Waals surface area (Å²) in [5.74, 6) is 1.89. The van der Waals surface area contributed by atoms with E-state index in [-0.39, 0.29) is 5.54 Å². The second-order valence-electron chi connectivity index (χ2n) is 6.17. The van der Waals surface area contributed by atoms with Crippen LogP contribution < -0.4 is 5.32 Å². The number of hydrogen-bond donors (Lipinski definition) is 1. The van der Waals surface area contributed by atoms with Crippen LogP contribution in [0.15, 0.2) is 0 Å². The number of hydrogen-bond acceptors (Lipinski definition) is 3. The third-order valence-electron chi connectivity index (χ3n) is 4.10. The Morgan fingerprint density at radius 2 is 2.11 bits per heavy atom. The molecule has 0 radical (unpaired) electrons. The maximum Gasteiger partial charge on any atom is 0.103 e. The molecule has 1 aliphatic carbocycles. The molecule has 1 N–H and O–H groups in total. The summed E-state index contributed by atoms with van der Waals surface area (Å²) in [5, 5.41) is 12.4. The van der Waals surface area contributed by atoms with Crippen molar-refractivity contribution < 1.29 is 0 Å². The number of nitriles is 1. The Balaban J connectivity index is 2.08. The van der Waals surface area contributed by atoms with Crippen LogP contribution in [0.4, 0.5) is 0 Å². The van der Waals surface area contributed by atoms with Crippen LogP contribution in [0.3, 0.4) is 0 Å². The number of nitrogens with one attached hydrogen (secondary N) is 1. The lowest BCUT2D eigenvalue weighted by Gasteiger charge is -2.23. The van der Waals surface area contributed by atoms with Crippen LogP contribution >= 0.6 is 0 Å². The summed E-state index contributed by atoms with van der Waals surface area (Å²) in [6.07, 6.45) is 4.68. The van der Waals surface area contributed by atoms with E-state index in [0.717, 1.165) is 37.8 Å². The van der Waals surface area contributed by atoms with Crippen LogP contribution in [-0.4, -0.2) is 37.1 Å². The van der Waals surface area contributed by atoms with Gasteiger partial charge in [0.15, 0.2) is 0 Å². The summed E-state index contributed by atoms with van der Waals surface area (Å²) >= 11 is 0. The zero-order chi connectivity index (χ0) is 13.6. The van der Waals surface area contributed by atoms with E-state index in [1.54, 1.807) is 0 Å². The molecule has 0 bridgehead atoms. The Morgan fingerprint density at radius 1 is 1.44 bits per heavy atom. The van der Waals surface area contributed by atoms with Crippen molar-refractivity contribution in [2.24, 2.45) is 11.8 Å². The molecule has 0 aromatic carbocycles. The summed E-state index contributed by atoms with van der Waals surface area (Å²) in [5.41, 5.74) is -0.335. The van der Waals surface area contributed by atoms with Crippen LogP contribution in [0.25, 0.3) is 0 Å². The average molecular weight is 251 g/mol. The van der Waals surface area contributed by atoms with Crippen molar-refractivity contribution in [3.63, 3.8) is 0 Å². The molecule has 1 rings (SSSR count). The molecule has 0 saturated heterocycles. The SMILES string of the molecule is CCNC(C)(C#N)CCCCN(C)CC1CC1C. The monoisotopic (exact) mass is 251 g/mol. The van der Waals surface area contributed by atoms with E-state index in [0.29, 0.717) is 0 Å². The lowest BCUT2D eigenvalue weighted by atomic mass is 9.96. The first-order valence-electron chi connectivity index (χ1n) is 7.35. The van der Waals surface area contributed by atoms with Crippen LogP contribution in [0, 0.1) is 23.2 Å². The fourth-order valence-corrected chi connectivity index (χ4v) is 2.58. The molecule has 1 fully saturated rings. The quantitative estimate of drug-likeness (QED) is 0.640. The van der Waals surface area contributed by atoms with Crippen molar-refractivity contribution in [3.8, 4) is 6.07 Å². The first-order valence-corrected chi connectivity index (χ1v) is 7.35. The predicted molar refractivity (Wildman–Crippen MR) is 76.3 cm³/mol. The highest BCUT2D eigenvalue weighted by Crippen LogP contribution is 2.37. The topological polar surface area (TPSA) is 39.1 Å². The van der Waals surface area contributed by atoms with Crippen LogP contribution in [0.2, 0.25) is 0 Å². The summed E-state index contributed by atoms with van der Waals surface area (Å²) in [6.45, 7) is 9.68. The molecule has 3 nitrogen and oxygen atoms in total. The first kappa shape index (κ1) is 15.5. The van der Waals surface area contributed by atoms with Crippen molar-refractivity contribution in [3.05, 3.63) is 0 Å². The Hall–Kier alpha value is -0.590. The molecule has 0 aliphatic heterocycles. The smallest absolute Gasteiger partial charge is 0.103 e. The summed E-state index contributed by atoms with van der Waals surface area (Å²) in [7, 11) is 2.22. The van der Waals surface area contributed by atoms with E-state index < -0.39 is 0 Å². The van der Waals surface area contributed by atoms with Crippen LogP contribution in [0.5, 0.6) is 0 Å². The molecular weight excluding hydrogens is 222 g/mol. The van der Waals surface area contributed by atoms with Crippen molar-refractivity contribution in [2.45, 2.75) is 52.0 Å². The minimum atomic E-state index is -0.335. The lowest BCUT2D eigenvalue weighted by Crippen LogP contribution is -2.40. The third kappa shape index (κ3) is 5.37. The second kappa shape index (κ2) is 7.11. The van der Waals surface area contributed by atoms with Gasteiger partial charge in [0, 0.05) is 6.54 Å². The van der Waals surface area contributed by atoms with Gasteiger partial charge < -0.3 is 4.90 Å². The van der Waals surface area contributed by atoms with Gasteiger partial charge in [-0.25, -0.2) is 0 Å².